The predicted octanol–water partition coefficient (Wildman–Crippen LogP) is 4.66. The number of rotatable bonds is 5. The third-order valence-corrected chi connectivity index (χ3v) is 6.65. The van der Waals surface area contributed by atoms with Gasteiger partial charge in [-0.25, -0.2) is 9.97 Å². The van der Waals surface area contributed by atoms with Crippen LogP contribution in [0.2, 0.25) is 0 Å². The summed E-state index contributed by atoms with van der Waals surface area (Å²) in [6.45, 7) is 0.482. The van der Waals surface area contributed by atoms with Gasteiger partial charge in [-0.15, -0.1) is 21.5 Å². The summed E-state index contributed by atoms with van der Waals surface area (Å²) >= 11 is 1.61. The van der Waals surface area contributed by atoms with Crippen LogP contribution < -0.4 is 4.74 Å². The van der Waals surface area contributed by atoms with Crippen molar-refractivity contribution in [3.8, 4) is 29.3 Å². The van der Waals surface area contributed by atoms with Gasteiger partial charge in [0.1, 0.15) is 11.3 Å². The van der Waals surface area contributed by atoms with E-state index in [4.69, 9.17) is 9.15 Å². The molecule has 0 spiro atoms. The standard InChI is InChI=1S/C25H20N6O2S/c1-32-19-9-5-17(6-10-19)14-31-29-24(28-30-31)25-27-20-13-16(7-11-22(20)33-25)8-12-23-26-21(15-34-23)18-3-2-4-18/h5-7,9-11,13,15,18H,2-4,14H2,1H3. The van der Waals surface area contributed by atoms with Gasteiger partial charge in [-0.05, 0) is 59.9 Å². The van der Waals surface area contributed by atoms with Crippen molar-refractivity contribution < 1.29 is 9.15 Å². The minimum Gasteiger partial charge on any atom is -0.497 e. The molecule has 3 aromatic heterocycles. The molecular weight excluding hydrogens is 448 g/mol. The number of fused-ring (bicyclic) bond motifs is 1. The highest BCUT2D eigenvalue weighted by Crippen LogP contribution is 2.36. The molecule has 0 amide bonds. The molecule has 0 unspecified atom stereocenters. The molecule has 0 N–H and O–H groups in total. The Bertz CT molecular complexity index is 1520. The number of hydrogen-bond donors (Lipinski definition) is 0. The fourth-order valence-electron chi connectivity index (χ4n) is 3.75. The highest BCUT2D eigenvalue weighted by Gasteiger charge is 2.21. The van der Waals surface area contributed by atoms with Crippen LogP contribution in [0.15, 0.2) is 52.3 Å². The normalized spacial score (nSPS) is 13.4. The first-order valence-electron chi connectivity index (χ1n) is 11.0. The number of methoxy groups -OCH3 is 1. The van der Waals surface area contributed by atoms with E-state index in [2.05, 4.69) is 42.6 Å². The molecule has 1 aliphatic rings. The minimum atomic E-state index is 0.325. The molecule has 8 nitrogen and oxygen atoms in total. The van der Waals surface area contributed by atoms with E-state index in [9.17, 15) is 0 Å². The molecule has 9 heteroatoms. The van der Waals surface area contributed by atoms with E-state index < -0.39 is 0 Å². The maximum absolute atomic E-state index is 5.85. The van der Waals surface area contributed by atoms with Gasteiger partial charge in [0.2, 0.25) is 0 Å². The van der Waals surface area contributed by atoms with Gasteiger partial charge in [-0.2, -0.15) is 4.80 Å². The zero-order chi connectivity index (χ0) is 22.9. The average molecular weight is 469 g/mol. The van der Waals surface area contributed by atoms with Crippen molar-refractivity contribution >= 4 is 22.4 Å². The third-order valence-electron chi connectivity index (χ3n) is 5.87. The Morgan fingerprint density at radius 2 is 2.00 bits per heavy atom. The number of aromatic nitrogens is 6. The molecule has 0 radical (unpaired) electrons. The molecular formula is C25H20N6O2S. The van der Waals surface area contributed by atoms with Crippen molar-refractivity contribution in [1.29, 1.82) is 0 Å². The van der Waals surface area contributed by atoms with E-state index in [1.165, 1.54) is 29.8 Å². The summed E-state index contributed by atoms with van der Waals surface area (Å²) in [4.78, 5) is 10.7. The SMILES string of the molecule is COc1ccc(Cn2nnc(-c3nc4cc(C#Cc5nc(C6CCC6)cs5)ccc4o3)n2)cc1. The predicted molar refractivity (Wildman–Crippen MR) is 128 cm³/mol. The quantitative estimate of drug-likeness (QED) is 0.346. The molecule has 0 atom stereocenters. The number of oxazole rings is 1. The maximum atomic E-state index is 5.85. The summed E-state index contributed by atoms with van der Waals surface area (Å²) in [6.07, 6.45) is 3.79. The van der Waals surface area contributed by atoms with E-state index in [-0.39, 0.29) is 0 Å². The molecule has 168 valence electrons. The van der Waals surface area contributed by atoms with Crippen LogP contribution in [0, 0.1) is 11.8 Å². The van der Waals surface area contributed by atoms with E-state index >= 15 is 0 Å². The Morgan fingerprint density at radius 1 is 1.12 bits per heavy atom. The molecule has 2 aromatic carbocycles. The first kappa shape index (κ1) is 20.6. The molecule has 3 heterocycles. The Kier molecular flexibility index (Phi) is 5.28. The van der Waals surface area contributed by atoms with E-state index in [0.717, 1.165) is 21.9 Å². The Morgan fingerprint density at radius 3 is 2.79 bits per heavy atom. The second kappa shape index (κ2) is 8.72. The monoisotopic (exact) mass is 468 g/mol. The van der Waals surface area contributed by atoms with Crippen LogP contribution in [0.1, 0.15) is 47.0 Å². The summed E-state index contributed by atoms with van der Waals surface area (Å²) in [5.74, 6) is 8.45. The van der Waals surface area contributed by atoms with Gasteiger partial charge in [0.05, 0.1) is 19.3 Å². The van der Waals surface area contributed by atoms with Crippen LogP contribution in [0.25, 0.3) is 22.8 Å². The summed E-state index contributed by atoms with van der Waals surface area (Å²) in [6, 6.07) is 13.4. The lowest BCUT2D eigenvalue weighted by Gasteiger charge is -2.22. The highest BCUT2D eigenvalue weighted by atomic mass is 32.1. The van der Waals surface area contributed by atoms with Gasteiger partial charge in [-0.1, -0.05) is 24.5 Å². The van der Waals surface area contributed by atoms with Crippen molar-refractivity contribution in [1.82, 2.24) is 30.2 Å². The van der Waals surface area contributed by atoms with E-state index in [1.54, 1.807) is 18.4 Å². The number of hydrogen-bond acceptors (Lipinski definition) is 8. The smallest absolute Gasteiger partial charge is 0.269 e. The van der Waals surface area contributed by atoms with Crippen LogP contribution >= 0.6 is 11.3 Å². The Labute approximate surface area is 199 Å². The van der Waals surface area contributed by atoms with Crippen LogP contribution in [0.3, 0.4) is 0 Å². The fourth-order valence-corrected chi connectivity index (χ4v) is 4.50. The molecule has 5 aromatic rings. The van der Waals surface area contributed by atoms with Gasteiger partial charge in [-0.3, -0.25) is 0 Å². The van der Waals surface area contributed by atoms with Crippen molar-refractivity contribution in [3.63, 3.8) is 0 Å². The lowest BCUT2D eigenvalue weighted by molar-refractivity contribution is 0.412. The van der Waals surface area contributed by atoms with Gasteiger partial charge >= 0.3 is 0 Å². The first-order chi connectivity index (χ1) is 16.7. The zero-order valence-corrected chi connectivity index (χ0v) is 19.2. The van der Waals surface area contributed by atoms with Crippen molar-refractivity contribution in [2.75, 3.05) is 7.11 Å². The van der Waals surface area contributed by atoms with Crippen LogP contribution in [-0.2, 0) is 6.54 Å². The molecule has 0 bridgehead atoms. The summed E-state index contributed by atoms with van der Waals surface area (Å²) < 4.78 is 11.0. The van der Waals surface area contributed by atoms with Crippen molar-refractivity contribution in [2.45, 2.75) is 31.7 Å². The molecule has 6 rings (SSSR count). The van der Waals surface area contributed by atoms with Crippen LogP contribution in [0.5, 0.6) is 5.75 Å². The molecule has 1 fully saturated rings. The van der Waals surface area contributed by atoms with Crippen molar-refractivity contribution in [2.24, 2.45) is 0 Å². The number of tetrazole rings is 1. The third kappa shape index (κ3) is 4.16. The summed E-state index contributed by atoms with van der Waals surface area (Å²) in [5, 5.41) is 15.6. The number of nitrogens with zero attached hydrogens (tertiary/aromatic N) is 6. The zero-order valence-electron chi connectivity index (χ0n) is 18.4. The maximum Gasteiger partial charge on any atom is 0.269 e. The van der Waals surface area contributed by atoms with Gasteiger partial charge in [0, 0.05) is 16.9 Å². The lowest BCUT2D eigenvalue weighted by atomic mass is 9.83. The molecule has 1 saturated carbocycles. The van der Waals surface area contributed by atoms with E-state index in [1.807, 2.05) is 42.5 Å². The molecule has 34 heavy (non-hydrogen) atoms. The van der Waals surface area contributed by atoms with Gasteiger partial charge in [0.25, 0.3) is 11.7 Å². The second-order valence-corrected chi connectivity index (χ2v) is 9.01. The Balaban J connectivity index is 1.19. The first-order valence-corrected chi connectivity index (χ1v) is 11.9. The largest absolute Gasteiger partial charge is 0.497 e. The molecule has 1 aliphatic carbocycles. The summed E-state index contributed by atoms with van der Waals surface area (Å²) in [7, 11) is 1.64. The van der Waals surface area contributed by atoms with E-state index in [0.29, 0.717) is 35.3 Å². The van der Waals surface area contributed by atoms with Gasteiger partial charge in [0.15, 0.2) is 10.6 Å². The lowest BCUT2D eigenvalue weighted by Crippen LogP contribution is -2.08. The number of benzene rings is 2. The highest BCUT2D eigenvalue weighted by molar-refractivity contribution is 7.10. The summed E-state index contributed by atoms with van der Waals surface area (Å²) in [5.41, 5.74) is 4.41. The molecule has 0 saturated heterocycles. The molecule has 0 aliphatic heterocycles. The number of ether oxygens (including phenoxy) is 1. The topological polar surface area (TPSA) is 91.8 Å². The van der Waals surface area contributed by atoms with Crippen molar-refractivity contribution in [3.05, 3.63) is 69.7 Å². The fraction of sp³-hybridized carbons (Fsp3) is 0.240. The van der Waals surface area contributed by atoms with Crippen LogP contribution in [-0.4, -0.2) is 37.3 Å². The van der Waals surface area contributed by atoms with Gasteiger partial charge < -0.3 is 9.15 Å². The number of thiazole rings is 1. The average Bonchev–Trinajstić information content (AvgIpc) is 3.56. The van der Waals surface area contributed by atoms with Crippen LogP contribution in [0.4, 0.5) is 0 Å². The Hall–Kier alpha value is -4.03. The minimum absolute atomic E-state index is 0.325. The second-order valence-electron chi connectivity index (χ2n) is 8.15.